The topological polar surface area (TPSA) is 69.6 Å². The second kappa shape index (κ2) is 8.40. The number of rotatable bonds is 7. The Labute approximate surface area is 109 Å². The van der Waals surface area contributed by atoms with Crippen molar-refractivity contribution in [1.29, 1.82) is 0 Å². The maximum atomic E-state index is 12.0. The van der Waals surface area contributed by atoms with Gasteiger partial charge in [-0.05, 0) is 20.3 Å². The summed E-state index contributed by atoms with van der Waals surface area (Å²) < 4.78 is 0. The number of hydrogen-bond donors (Lipinski definition) is 2. The van der Waals surface area contributed by atoms with E-state index in [2.05, 4.69) is 11.2 Å². The Bertz CT molecular complexity index is 323. The van der Waals surface area contributed by atoms with Crippen molar-refractivity contribution in [2.45, 2.75) is 52.1 Å². The van der Waals surface area contributed by atoms with E-state index in [1.165, 1.54) is 4.90 Å². The summed E-state index contributed by atoms with van der Waals surface area (Å²) in [7, 11) is 0. The van der Waals surface area contributed by atoms with Crippen molar-refractivity contribution in [3.8, 4) is 12.3 Å². The predicted octanol–water partition coefficient (Wildman–Crippen LogP) is 1.68. The number of carbonyl (C=O) groups excluding carboxylic acids is 1. The van der Waals surface area contributed by atoms with E-state index in [0.29, 0.717) is 13.0 Å². The van der Waals surface area contributed by atoms with Crippen LogP contribution in [-0.4, -0.2) is 40.6 Å². The van der Waals surface area contributed by atoms with E-state index in [1.54, 1.807) is 6.92 Å². The van der Waals surface area contributed by atoms with E-state index in [1.807, 2.05) is 13.8 Å². The molecule has 0 spiro atoms. The van der Waals surface area contributed by atoms with Crippen molar-refractivity contribution < 1.29 is 14.7 Å². The van der Waals surface area contributed by atoms with Crippen LogP contribution in [-0.2, 0) is 4.79 Å². The molecule has 0 saturated carbocycles. The van der Waals surface area contributed by atoms with E-state index in [0.717, 1.165) is 6.42 Å². The number of nitrogens with zero attached hydrogens (tertiary/aromatic N) is 1. The molecule has 0 aromatic carbocycles. The fourth-order valence-electron chi connectivity index (χ4n) is 1.74. The number of urea groups is 1. The van der Waals surface area contributed by atoms with Crippen LogP contribution in [0.15, 0.2) is 0 Å². The summed E-state index contributed by atoms with van der Waals surface area (Å²) in [6, 6.07) is -0.955. The number of terminal acetylenes is 1. The van der Waals surface area contributed by atoms with Gasteiger partial charge >= 0.3 is 12.0 Å². The first-order chi connectivity index (χ1) is 8.46. The van der Waals surface area contributed by atoms with E-state index < -0.39 is 5.97 Å². The van der Waals surface area contributed by atoms with Crippen LogP contribution < -0.4 is 5.32 Å². The number of amides is 2. The molecule has 2 atom stereocenters. The molecular weight excluding hydrogens is 232 g/mol. The normalized spacial score (nSPS) is 13.2. The lowest BCUT2D eigenvalue weighted by Crippen LogP contribution is -2.48. The monoisotopic (exact) mass is 254 g/mol. The first-order valence-electron chi connectivity index (χ1n) is 6.21. The van der Waals surface area contributed by atoms with Gasteiger partial charge in [0.1, 0.15) is 0 Å². The van der Waals surface area contributed by atoms with Crippen LogP contribution in [0, 0.1) is 12.3 Å². The zero-order chi connectivity index (χ0) is 14.1. The molecule has 0 heterocycles. The minimum Gasteiger partial charge on any atom is -0.481 e. The van der Waals surface area contributed by atoms with Crippen LogP contribution in [0.25, 0.3) is 0 Å². The molecule has 5 nitrogen and oxygen atoms in total. The van der Waals surface area contributed by atoms with Gasteiger partial charge in [0, 0.05) is 12.6 Å². The minimum atomic E-state index is -0.921. The summed E-state index contributed by atoms with van der Waals surface area (Å²) in [5.41, 5.74) is 0. The fraction of sp³-hybridized carbons (Fsp3) is 0.692. The summed E-state index contributed by atoms with van der Waals surface area (Å²) >= 11 is 0. The third-order valence-electron chi connectivity index (χ3n) is 2.68. The van der Waals surface area contributed by atoms with Crippen molar-refractivity contribution in [2.24, 2.45) is 0 Å². The Kier molecular flexibility index (Phi) is 7.61. The van der Waals surface area contributed by atoms with Gasteiger partial charge in [0.25, 0.3) is 0 Å². The highest BCUT2D eigenvalue weighted by Gasteiger charge is 2.22. The SMILES string of the molecule is C#CC(CCC)NC(=O)N(CC)C(C)CC(=O)O. The third kappa shape index (κ3) is 5.58. The van der Waals surface area contributed by atoms with Gasteiger partial charge in [-0.2, -0.15) is 0 Å². The van der Waals surface area contributed by atoms with E-state index in [4.69, 9.17) is 11.5 Å². The van der Waals surface area contributed by atoms with Crippen LogP contribution in [0.2, 0.25) is 0 Å². The van der Waals surface area contributed by atoms with Gasteiger partial charge in [-0.3, -0.25) is 4.79 Å². The predicted molar refractivity (Wildman–Crippen MR) is 70.2 cm³/mol. The number of hydrogen-bond acceptors (Lipinski definition) is 2. The molecule has 102 valence electrons. The van der Waals surface area contributed by atoms with E-state index in [9.17, 15) is 9.59 Å². The van der Waals surface area contributed by atoms with Gasteiger partial charge < -0.3 is 15.3 Å². The summed E-state index contributed by atoms with van der Waals surface area (Å²) in [5, 5.41) is 11.5. The summed E-state index contributed by atoms with van der Waals surface area (Å²) in [4.78, 5) is 24.1. The molecule has 2 N–H and O–H groups in total. The Morgan fingerprint density at radius 2 is 2.06 bits per heavy atom. The molecule has 0 bridgehead atoms. The molecule has 0 radical (unpaired) electrons. The van der Waals surface area contributed by atoms with E-state index in [-0.39, 0.29) is 24.5 Å². The number of carbonyl (C=O) groups is 2. The lowest BCUT2D eigenvalue weighted by Gasteiger charge is -2.28. The lowest BCUT2D eigenvalue weighted by molar-refractivity contribution is -0.138. The zero-order valence-corrected chi connectivity index (χ0v) is 11.3. The van der Waals surface area contributed by atoms with Gasteiger partial charge in [-0.15, -0.1) is 6.42 Å². The number of aliphatic carboxylic acids is 1. The van der Waals surface area contributed by atoms with Crippen molar-refractivity contribution in [3.63, 3.8) is 0 Å². The Balaban J connectivity index is 4.51. The molecule has 0 fully saturated rings. The van der Waals surface area contributed by atoms with Gasteiger partial charge in [0.15, 0.2) is 0 Å². The van der Waals surface area contributed by atoms with Gasteiger partial charge in [0.05, 0.1) is 12.5 Å². The molecule has 0 saturated heterocycles. The van der Waals surface area contributed by atoms with Crippen molar-refractivity contribution in [3.05, 3.63) is 0 Å². The molecule has 0 aliphatic carbocycles. The second-order valence-electron chi connectivity index (χ2n) is 4.19. The number of nitrogens with one attached hydrogen (secondary N) is 1. The molecule has 5 heteroatoms. The fourth-order valence-corrected chi connectivity index (χ4v) is 1.74. The summed E-state index contributed by atoms with van der Waals surface area (Å²) in [5.74, 6) is 1.60. The Hall–Kier alpha value is -1.70. The first kappa shape index (κ1) is 16.3. The quantitative estimate of drug-likeness (QED) is 0.679. The minimum absolute atomic E-state index is 0.0737. The molecule has 18 heavy (non-hydrogen) atoms. The number of carboxylic acid groups (broad SMARTS) is 1. The molecular formula is C13H22N2O3. The largest absolute Gasteiger partial charge is 0.481 e. The maximum absolute atomic E-state index is 12.0. The van der Waals surface area contributed by atoms with Gasteiger partial charge in [-0.25, -0.2) is 4.79 Å². The zero-order valence-electron chi connectivity index (χ0n) is 11.3. The molecule has 2 amide bonds. The number of carboxylic acids is 1. The molecule has 0 aliphatic rings. The van der Waals surface area contributed by atoms with Crippen LogP contribution in [0.1, 0.15) is 40.0 Å². The smallest absolute Gasteiger partial charge is 0.318 e. The van der Waals surface area contributed by atoms with Crippen molar-refractivity contribution in [2.75, 3.05) is 6.54 Å². The van der Waals surface area contributed by atoms with Crippen LogP contribution in [0.4, 0.5) is 4.79 Å². The average molecular weight is 254 g/mol. The van der Waals surface area contributed by atoms with Crippen molar-refractivity contribution >= 4 is 12.0 Å². The first-order valence-corrected chi connectivity index (χ1v) is 6.21. The van der Waals surface area contributed by atoms with E-state index >= 15 is 0 Å². The molecule has 0 aliphatic heterocycles. The maximum Gasteiger partial charge on any atom is 0.318 e. The van der Waals surface area contributed by atoms with Gasteiger partial charge in [0.2, 0.25) is 0 Å². The lowest BCUT2D eigenvalue weighted by atomic mass is 10.2. The van der Waals surface area contributed by atoms with Crippen molar-refractivity contribution in [1.82, 2.24) is 10.2 Å². The van der Waals surface area contributed by atoms with Crippen LogP contribution in [0.3, 0.4) is 0 Å². The summed E-state index contributed by atoms with van der Waals surface area (Å²) in [6.45, 7) is 5.95. The Morgan fingerprint density at radius 3 is 2.44 bits per heavy atom. The average Bonchev–Trinajstić information content (AvgIpc) is 2.28. The Morgan fingerprint density at radius 1 is 1.44 bits per heavy atom. The van der Waals surface area contributed by atoms with Crippen LogP contribution in [0.5, 0.6) is 0 Å². The molecule has 0 aromatic rings. The second-order valence-corrected chi connectivity index (χ2v) is 4.19. The molecule has 2 unspecified atom stereocenters. The highest BCUT2D eigenvalue weighted by Crippen LogP contribution is 2.05. The van der Waals surface area contributed by atoms with Crippen LogP contribution >= 0.6 is 0 Å². The third-order valence-corrected chi connectivity index (χ3v) is 2.68. The van der Waals surface area contributed by atoms with Gasteiger partial charge in [-0.1, -0.05) is 19.3 Å². The highest BCUT2D eigenvalue weighted by molar-refractivity contribution is 5.76. The molecule has 0 aromatic heterocycles. The molecule has 0 rings (SSSR count). The highest BCUT2D eigenvalue weighted by atomic mass is 16.4. The summed E-state index contributed by atoms with van der Waals surface area (Å²) in [6.07, 6.45) is 6.85. The standard InChI is InChI=1S/C13H22N2O3/c1-5-8-11(6-2)14-13(18)15(7-3)10(4)9-12(16)17/h2,10-11H,5,7-9H2,1,3-4H3,(H,14,18)(H,16,17).